The van der Waals surface area contributed by atoms with Crippen LogP contribution >= 0.6 is 21.6 Å². The van der Waals surface area contributed by atoms with Gasteiger partial charge in [0, 0.05) is 30.3 Å². The third-order valence-corrected chi connectivity index (χ3v) is 7.58. The molecular formula is C21H31N3O6S2. The molecule has 4 atom stereocenters. The van der Waals surface area contributed by atoms with Crippen molar-refractivity contribution in [3.05, 3.63) is 12.2 Å². The zero-order chi connectivity index (χ0) is 23.7. The lowest BCUT2D eigenvalue weighted by Crippen LogP contribution is -2.55. The van der Waals surface area contributed by atoms with Gasteiger partial charge >= 0.3 is 5.97 Å². The van der Waals surface area contributed by atoms with E-state index in [-0.39, 0.29) is 37.0 Å². The van der Waals surface area contributed by atoms with Gasteiger partial charge < -0.3 is 20.7 Å². The highest BCUT2D eigenvalue weighted by molar-refractivity contribution is 8.76. The van der Waals surface area contributed by atoms with Gasteiger partial charge in [0.2, 0.25) is 17.7 Å². The monoisotopic (exact) mass is 485 g/mol. The van der Waals surface area contributed by atoms with Crippen LogP contribution in [0.5, 0.6) is 0 Å². The SMILES string of the molecule is CC(C)C1CC(=O)CC2/C=C/CCSSCC(NC1=O)C(=O)N[C@H](C)C(=O)NCC(=O)O2. The summed E-state index contributed by atoms with van der Waals surface area (Å²) in [5.74, 6) is -2.06. The first-order valence-corrected chi connectivity index (χ1v) is 13.2. The number of Topliss-reactive ketones (excluding diaryl/α,β-unsaturated/α-hetero) is 1. The van der Waals surface area contributed by atoms with Crippen molar-refractivity contribution >= 4 is 51.1 Å². The Morgan fingerprint density at radius 1 is 1.00 bits per heavy atom. The van der Waals surface area contributed by atoms with Crippen molar-refractivity contribution in [1.82, 2.24) is 16.0 Å². The van der Waals surface area contributed by atoms with E-state index in [4.69, 9.17) is 4.74 Å². The largest absolute Gasteiger partial charge is 0.456 e. The minimum Gasteiger partial charge on any atom is -0.456 e. The molecule has 3 amide bonds. The van der Waals surface area contributed by atoms with Gasteiger partial charge in [0.15, 0.2) is 0 Å². The zero-order valence-electron chi connectivity index (χ0n) is 18.6. The zero-order valence-corrected chi connectivity index (χ0v) is 20.2. The second-order valence-corrected chi connectivity index (χ2v) is 10.8. The Labute approximate surface area is 196 Å². The predicted molar refractivity (Wildman–Crippen MR) is 124 cm³/mol. The lowest BCUT2D eigenvalue weighted by atomic mass is 9.88. The van der Waals surface area contributed by atoms with Crippen molar-refractivity contribution in [3.8, 4) is 0 Å². The van der Waals surface area contributed by atoms with Crippen molar-refractivity contribution in [1.29, 1.82) is 0 Å². The molecule has 1 saturated heterocycles. The quantitative estimate of drug-likeness (QED) is 0.285. The molecule has 3 N–H and O–H groups in total. The molecule has 2 bridgehead atoms. The third-order valence-electron chi connectivity index (χ3n) is 5.13. The minimum absolute atomic E-state index is 0.0191. The summed E-state index contributed by atoms with van der Waals surface area (Å²) in [6, 6.07) is -1.77. The molecule has 0 aromatic rings. The molecule has 0 spiro atoms. The van der Waals surface area contributed by atoms with Crippen molar-refractivity contribution < 1.29 is 28.7 Å². The van der Waals surface area contributed by atoms with Gasteiger partial charge in [-0.3, -0.25) is 24.0 Å². The maximum atomic E-state index is 13.0. The van der Waals surface area contributed by atoms with Crippen LogP contribution in [0.2, 0.25) is 0 Å². The maximum Gasteiger partial charge on any atom is 0.326 e. The number of ether oxygens (including phenoxy) is 1. The number of esters is 1. The van der Waals surface area contributed by atoms with Crippen molar-refractivity contribution in [2.75, 3.05) is 18.1 Å². The van der Waals surface area contributed by atoms with Gasteiger partial charge in [0.05, 0.1) is 0 Å². The predicted octanol–water partition coefficient (Wildman–Crippen LogP) is 0.980. The second kappa shape index (κ2) is 12.9. The van der Waals surface area contributed by atoms with Gasteiger partial charge in [0.25, 0.3) is 0 Å². The molecule has 1 fully saturated rings. The summed E-state index contributed by atoms with van der Waals surface area (Å²) in [4.78, 5) is 63.1. The Morgan fingerprint density at radius 3 is 2.47 bits per heavy atom. The first-order valence-electron chi connectivity index (χ1n) is 10.7. The lowest BCUT2D eigenvalue weighted by molar-refractivity contribution is -0.148. The summed E-state index contributed by atoms with van der Waals surface area (Å²) in [6.07, 6.45) is 3.37. The summed E-state index contributed by atoms with van der Waals surface area (Å²) in [5.41, 5.74) is 0. The van der Waals surface area contributed by atoms with E-state index in [1.165, 1.54) is 17.7 Å². The number of ketones is 1. The fourth-order valence-electron chi connectivity index (χ4n) is 3.24. The van der Waals surface area contributed by atoms with Crippen LogP contribution in [0, 0.1) is 11.8 Å². The summed E-state index contributed by atoms with van der Waals surface area (Å²) in [5, 5.41) is 7.80. The van der Waals surface area contributed by atoms with E-state index in [0.717, 1.165) is 5.75 Å². The highest BCUT2D eigenvalue weighted by atomic mass is 33.1. The molecule has 2 rings (SSSR count). The van der Waals surface area contributed by atoms with Crippen molar-refractivity contribution in [3.63, 3.8) is 0 Å². The molecule has 11 heteroatoms. The number of rotatable bonds is 1. The van der Waals surface area contributed by atoms with Gasteiger partial charge in [-0.25, -0.2) is 0 Å². The molecule has 0 radical (unpaired) electrons. The third kappa shape index (κ3) is 8.50. The first kappa shape index (κ1) is 26.2. The van der Waals surface area contributed by atoms with Gasteiger partial charge in [-0.2, -0.15) is 0 Å². The Hall–Kier alpha value is -2.01. The molecule has 0 saturated carbocycles. The summed E-state index contributed by atoms with van der Waals surface area (Å²) in [7, 11) is 3.00. The molecule has 178 valence electrons. The molecule has 9 nitrogen and oxygen atoms in total. The molecule has 3 unspecified atom stereocenters. The highest BCUT2D eigenvalue weighted by Gasteiger charge is 2.31. The standard InChI is InChI=1S/C21H31N3O6S2/c1-12(2)16-9-14(25)8-15-6-4-5-7-31-32-11-17(24-20(16)28)21(29)23-13(3)19(27)22-10-18(26)30-15/h4,6,12-13,15-17H,5,7-11H2,1-3H3,(H,22,27)(H,23,29)(H,24,28)/b6-4+/t13-,15?,16?,17?/m1/s1. The summed E-state index contributed by atoms with van der Waals surface area (Å²) < 4.78 is 5.40. The molecule has 2 aliphatic heterocycles. The minimum atomic E-state index is -0.908. The van der Waals surface area contributed by atoms with Crippen LogP contribution in [0.4, 0.5) is 0 Å². The Bertz CT molecular complexity index is 758. The fraction of sp³-hybridized carbons (Fsp3) is 0.667. The van der Waals surface area contributed by atoms with E-state index in [9.17, 15) is 24.0 Å². The van der Waals surface area contributed by atoms with E-state index < -0.39 is 41.9 Å². The van der Waals surface area contributed by atoms with Gasteiger partial charge in [-0.05, 0) is 25.3 Å². The number of carbonyl (C=O) groups is 5. The molecule has 2 heterocycles. The molecule has 32 heavy (non-hydrogen) atoms. The van der Waals surface area contributed by atoms with E-state index in [1.807, 2.05) is 19.9 Å². The number of allylic oxidation sites excluding steroid dienone is 1. The lowest BCUT2D eigenvalue weighted by Gasteiger charge is -2.25. The van der Waals surface area contributed by atoms with Crippen LogP contribution in [0.25, 0.3) is 0 Å². The normalized spacial score (nSPS) is 30.6. The Kier molecular flexibility index (Phi) is 10.6. The van der Waals surface area contributed by atoms with E-state index in [2.05, 4.69) is 16.0 Å². The van der Waals surface area contributed by atoms with Crippen LogP contribution in [0.15, 0.2) is 12.2 Å². The van der Waals surface area contributed by atoms with Gasteiger partial charge in [-0.1, -0.05) is 41.5 Å². The van der Waals surface area contributed by atoms with Gasteiger partial charge in [0.1, 0.15) is 30.5 Å². The topological polar surface area (TPSA) is 131 Å². The Morgan fingerprint density at radius 2 is 1.75 bits per heavy atom. The Balaban J connectivity index is 2.40. The number of amides is 3. The van der Waals surface area contributed by atoms with Crippen molar-refractivity contribution in [2.45, 2.75) is 58.2 Å². The molecule has 2 aliphatic rings. The average Bonchev–Trinajstić information content (AvgIpc) is 2.72. The smallest absolute Gasteiger partial charge is 0.326 e. The molecule has 0 aliphatic carbocycles. The van der Waals surface area contributed by atoms with Crippen LogP contribution in [0.3, 0.4) is 0 Å². The number of carbonyl (C=O) groups excluding carboxylic acids is 5. The number of hydrogen-bond donors (Lipinski definition) is 3. The van der Waals surface area contributed by atoms with Crippen molar-refractivity contribution in [2.24, 2.45) is 11.8 Å². The molecule has 0 aromatic carbocycles. The van der Waals surface area contributed by atoms with Crippen LogP contribution in [-0.4, -0.2) is 65.7 Å². The fourth-order valence-corrected chi connectivity index (χ4v) is 5.39. The summed E-state index contributed by atoms with van der Waals surface area (Å²) in [6.45, 7) is 4.80. The second-order valence-electron chi connectivity index (χ2n) is 8.16. The molecule has 0 aromatic heterocycles. The van der Waals surface area contributed by atoms with E-state index in [0.29, 0.717) is 12.2 Å². The van der Waals surface area contributed by atoms with E-state index in [1.54, 1.807) is 16.9 Å². The van der Waals surface area contributed by atoms with Crippen LogP contribution < -0.4 is 16.0 Å². The number of fused-ring (bicyclic) bond motifs is 7. The van der Waals surface area contributed by atoms with Crippen LogP contribution in [0.1, 0.15) is 40.0 Å². The van der Waals surface area contributed by atoms with Gasteiger partial charge in [-0.15, -0.1) is 0 Å². The molecular weight excluding hydrogens is 454 g/mol. The summed E-state index contributed by atoms with van der Waals surface area (Å²) >= 11 is 0. The number of nitrogens with one attached hydrogen (secondary N) is 3. The maximum absolute atomic E-state index is 13.0. The first-order chi connectivity index (χ1) is 15.2. The average molecular weight is 486 g/mol. The highest BCUT2D eigenvalue weighted by Crippen LogP contribution is 2.25. The van der Waals surface area contributed by atoms with Crippen LogP contribution in [-0.2, 0) is 28.7 Å². The van der Waals surface area contributed by atoms with E-state index >= 15 is 0 Å². The number of hydrogen-bond acceptors (Lipinski definition) is 8.